The van der Waals surface area contributed by atoms with E-state index in [1.807, 2.05) is 27.7 Å². The van der Waals surface area contributed by atoms with Crippen LogP contribution in [-0.4, -0.2) is 34.2 Å². The van der Waals surface area contributed by atoms with Crippen molar-refractivity contribution in [3.8, 4) is 0 Å². The molecule has 0 aliphatic carbocycles. The summed E-state index contributed by atoms with van der Waals surface area (Å²) < 4.78 is 12.1. The van der Waals surface area contributed by atoms with Crippen molar-refractivity contribution in [2.24, 2.45) is 0 Å². The molecule has 0 aliphatic rings. The fourth-order valence-corrected chi connectivity index (χ4v) is 4.50. The van der Waals surface area contributed by atoms with E-state index in [9.17, 15) is 0 Å². The fourth-order valence-electron chi connectivity index (χ4n) is 1.50. The maximum atomic E-state index is 6.05. The highest BCUT2D eigenvalue weighted by Gasteiger charge is 2.40. The first kappa shape index (κ1) is 17.1. The van der Waals surface area contributed by atoms with Gasteiger partial charge in [0.2, 0.25) is 0 Å². The summed E-state index contributed by atoms with van der Waals surface area (Å²) in [6.07, 6.45) is 2.47. The Morgan fingerprint density at radius 3 is 1.41 bits per heavy atom. The molecule has 0 atom stereocenters. The summed E-state index contributed by atoms with van der Waals surface area (Å²) in [5.74, 6) is 0. The molecule has 0 amide bonds. The minimum Gasteiger partial charge on any atom is -0.368 e. The van der Waals surface area contributed by atoms with Gasteiger partial charge in [0.1, 0.15) is 0 Å². The van der Waals surface area contributed by atoms with E-state index in [4.69, 9.17) is 8.85 Å². The van der Waals surface area contributed by atoms with Gasteiger partial charge in [0.05, 0.1) is 0 Å². The SMILES string of the molecule is CCCN[Si](NCCC)(OC(C)C)OC(C)C. The van der Waals surface area contributed by atoms with Gasteiger partial charge >= 0.3 is 8.88 Å². The number of nitrogens with one attached hydrogen (secondary N) is 2. The average Bonchev–Trinajstić information content (AvgIpc) is 2.22. The minimum atomic E-state index is -2.46. The van der Waals surface area contributed by atoms with E-state index in [0.717, 1.165) is 25.9 Å². The summed E-state index contributed by atoms with van der Waals surface area (Å²) >= 11 is 0. The molecule has 0 spiro atoms. The van der Waals surface area contributed by atoms with Crippen molar-refractivity contribution >= 4 is 8.88 Å². The van der Waals surface area contributed by atoms with Gasteiger partial charge in [-0.05, 0) is 53.6 Å². The topological polar surface area (TPSA) is 42.5 Å². The third-order valence-corrected chi connectivity index (χ3v) is 5.06. The molecule has 0 fully saturated rings. The molecule has 17 heavy (non-hydrogen) atoms. The van der Waals surface area contributed by atoms with E-state index >= 15 is 0 Å². The number of hydrogen-bond donors (Lipinski definition) is 2. The van der Waals surface area contributed by atoms with Crippen molar-refractivity contribution in [3.63, 3.8) is 0 Å². The van der Waals surface area contributed by atoms with Crippen LogP contribution in [0.1, 0.15) is 54.4 Å². The highest BCUT2D eigenvalue weighted by Crippen LogP contribution is 2.08. The second-order valence-corrected chi connectivity index (χ2v) is 7.22. The number of rotatable bonds is 10. The van der Waals surface area contributed by atoms with Crippen molar-refractivity contribution in [2.75, 3.05) is 13.1 Å². The van der Waals surface area contributed by atoms with E-state index < -0.39 is 8.88 Å². The zero-order valence-corrected chi connectivity index (χ0v) is 13.3. The summed E-state index contributed by atoms with van der Waals surface area (Å²) in [5.41, 5.74) is 0. The van der Waals surface area contributed by atoms with Gasteiger partial charge in [-0.3, -0.25) is 9.96 Å². The molecule has 104 valence electrons. The van der Waals surface area contributed by atoms with Crippen LogP contribution in [0.25, 0.3) is 0 Å². The molecule has 0 aliphatic heterocycles. The van der Waals surface area contributed by atoms with E-state index in [2.05, 4.69) is 23.8 Å². The third kappa shape index (κ3) is 7.89. The monoisotopic (exact) mass is 262 g/mol. The standard InChI is InChI=1S/C12H30N2O2Si/c1-7-9-13-17(14-10-8-2,15-11(3)4)16-12(5)6/h11-14H,7-10H2,1-6H3. The Kier molecular flexibility index (Phi) is 9.08. The van der Waals surface area contributed by atoms with Crippen LogP contribution in [0, 0.1) is 0 Å². The highest BCUT2D eigenvalue weighted by atomic mass is 28.4. The first-order valence-corrected chi connectivity index (χ1v) is 8.63. The molecule has 0 aromatic carbocycles. The Labute approximate surface area is 108 Å². The fraction of sp³-hybridized carbons (Fsp3) is 1.00. The molecule has 0 heterocycles. The summed E-state index contributed by atoms with van der Waals surface area (Å²) in [6.45, 7) is 14.3. The molecule has 0 radical (unpaired) electrons. The zero-order chi connectivity index (χ0) is 13.3. The normalized spacial score (nSPS) is 12.7. The molecule has 0 aromatic rings. The highest BCUT2D eigenvalue weighted by molar-refractivity contribution is 6.62. The lowest BCUT2D eigenvalue weighted by molar-refractivity contribution is 0.0865. The van der Waals surface area contributed by atoms with Crippen LogP contribution in [0.3, 0.4) is 0 Å². The van der Waals surface area contributed by atoms with Crippen LogP contribution in [0.2, 0.25) is 0 Å². The van der Waals surface area contributed by atoms with Gasteiger partial charge in [0.15, 0.2) is 0 Å². The van der Waals surface area contributed by atoms with Gasteiger partial charge in [-0.15, -0.1) is 0 Å². The van der Waals surface area contributed by atoms with E-state index in [-0.39, 0.29) is 12.2 Å². The first-order valence-electron chi connectivity index (χ1n) is 6.81. The largest absolute Gasteiger partial charge is 0.517 e. The molecular weight excluding hydrogens is 232 g/mol. The van der Waals surface area contributed by atoms with Crippen molar-refractivity contribution in [1.29, 1.82) is 0 Å². The van der Waals surface area contributed by atoms with Crippen molar-refractivity contribution in [1.82, 2.24) is 9.96 Å². The van der Waals surface area contributed by atoms with Gasteiger partial charge in [-0.1, -0.05) is 13.8 Å². The van der Waals surface area contributed by atoms with Crippen LogP contribution >= 0.6 is 0 Å². The smallest absolute Gasteiger partial charge is 0.368 e. The van der Waals surface area contributed by atoms with E-state index in [1.165, 1.54) is 0 Å². The molecule has 4 nitrogen and oxygen atoms in total. The lowest BCUT2D eigenvalue weighted by Crippen LogP contribution is -2.69. The second kappa shape index (κ2) is 9.05. The predicted octanol–water partition coefficient (Wildman–Crippen LogP) is 2.27. The quantitative estimate of drug-likeness (QED) is 0.593. The maximum absolute atomic E-state index is 6.05. The molecule has 2 N–H and O–H groups in total. The van der Waals surface area contributed by atoms with Crippen LogP contribution in [0.4, 0.5) is 0 Å². The van der Waals surface area contributed by atoms with Crippen molar-refractivity contribution < 1.29 is 8.85 Å². The van der Waals surface area contributed by atoms with Crippen LogP contribution < -0.4 is 9.96 Å². The van der Waals surface area contributed by atoms with Crippen LogP contribution in [0.5, 0.6) is 0 Å². The molecule has 0 saturated carbocycles. The van der Waals surface area contributed by atoms with Crippen molar-refractivity contribution in [2.45, 2.75) is 66.6 Å². The van der Waals surface area contributed by atoms with E-state index in [1.54, 1.807) is 0 Å². The molecular formula is C12H30N2O2Si. The lowest BCUT2D eigenvalue weighted by Gasteiger charge is -2.34. The van der Waals surface area contributed by atoms with Gasteiger partial charge < -0.3 is 8.85 Å². The lowest BCUT2D eigenvalue weighted by atomic mass is 10.5. The summed E-state index contributed by atoms with van der Waals surface area (Å²) in [7, 11) is -2.46. The summed E-state index contributed by atoms with van der Waals surface area (Å²) in [6, 6.07) is 0. The minimum absolute atomic E-state index is 0.161. The van der Waals surface area contributed by atoms with Gasteiger partial charge in [-0.25, -0.2) is 0 Å². The molecule has 5 heteroatoms. The number of hydrogen-bond acceptors (Lipinski definition) is 4. The Balaban J connectivity index is 4.63. The first-order chi connectivity index (χ1) is 7.95. The predicted molar refractivity (Wildman–Crippen MR) is 74.8 cm³/mol. The Hall–Kier alpha value is 0.0569. The van der Waals surface area contributed by atoms with E-state index in [0.29, 0.717) is 0 Å². The van der Waals surface area contributed by atoms with Gasteiger partial charge in [0.25, 0.3) is 0 Å². The third-order valence-electron chi connectivity index (χ3n) is 2.02. The average molecular weight is 262 g/mol. The van der Waals surface area contributed by atoms with Crippen LogP contribution in [0.15, 0.2) is 0 Å². The Morgan fingerprint density at radius 1 is 0.824 bits per heavy atom. The van der Waals surface area contributed by atoms with Gasteiger partial charge in [0, 0.05) is 12.2 Å². The molecule has 0 bridgehead atoms. The molecule has 0 rings (SSSR count). The summed E-state index contributed by atoms with van der Waals surface area (Å²) in [5, 5.41) is 0. The van der Waals surface area contributed by atoms with Gasteiger partial charge in [-0.2, -0.15) is 0 Å². The molecule has 0 saturated heterocycles. The molecule has 0 unspecified atom stereocenters. The summed E-state index contributed by atoms with van der Waals surface area (Å²) in [4.78, 5) is 6.93. The molecule has 0 aromatic heterocycles. The Bertz CT molecular complexity index is 169. The second-order valence-electron chi connectivity index (χ2n) is 4.80. The van der Waals surface area contributed by atoms with Crippen LogP contribution in [-0.2, 0) is 8.85 Å². The zero-order valence-electron chi connectivity index (χ0n) is 12.3. The van der Waals surface area contributed by atoms with Crippen molar-refractivity contribution in [3.05, 3.63) is 0 Å². The Morgan fingerprint density at radius 2 is 1.18 bits per heavy atom. The maximum Gasteiger partial charge on any atom is 0.517 e.